The summed E-state index contributed by atoms with van der Waals surface area (Å²) in [6.45, 7) is 11.0. The lowest BCUT2D eigenvalue weighted by molar-refractivity contribution is -0.165. The normalized spacial score (nSPS) is 12.4. The van der Waals surface area contributed by atoms with Gasteiger partial charge in [-0.3, -0.25) is 4.79 Å². The van der Waals surface area contributed by atoms with E-state index >= 15 is 0 Å². The highest BCUT2D eigenvalue weighted by Crippen LogP contribution is 2.07. The van der Waals surface area contributed by atoms with Gasteiger partial charge in [0.15, 0.2) is 6.10 Å². The van der Waals surface area contributed by atoms with Gasteiger partial charge in [0.1, 0.15) is 24.4 Å². The van der Waals surface area contributed by atoms with Crippen molar-refractivity contribution in [3.8, 4) is 0 Å². The summed E-state index contributed by atoms with van der Waals surface area (Å²) >= 11 is 0. The van der Waals surface area contributed by atoms with Crippen LogP contribution >= 0.6 is 0 Å². The number of hydrogen-bond donors (Lipinski definition) is 2. The van der Waals surface area contributed by atoms with Crippen molar-refractivity contribution in [1.82, 2.24) is 10.6 Å². The third-order valence-corrected chi connectivity index (χ3v) is 2.43. The number of carbonyl (C=O) groups excluding carboxylic acids is 4. The highest BCUT2D eigenvalue weighted by molar-refractivity contribution is 5.82. The van der Waals surface area contributed by atoms with Crippen molar-refractivity contribution in [2.45, 2.75) is 65.8 Å². The van der Waals surface area contributed by atoms with Gasteiger partial charge in [-0.25, -0.2) is 14.4 Å². The largest absolute Gasteiger partial charge is 0.461 e. The van der Waals surface area contributed by atoms with Gasteiger partial charge in [-0.15, -0.1) is 0 Å². The van der Waals surface area contributed by atoms with Gasteiger partial charge in [-0.1, -0.05) is 0 Å². The fourth-order valence-electron chi connectivity index (χ4n) is 1.48. The minimum absolute atomic E-state index is 0.0432. The molecule has 0 saturated carbocycles. The molecule has 0 bridgehead atoms. The molecular weight excluding hydrogens is 360 g/mol. The molecule has 0 rings (SSSR count). The first-order chi connectivity index (χ1) is 12.2. The molecule has 0 spiro atoms. The first-order valence-corrected chi connectivity index (χ1v) is 8.49. The minimum atomic E-state index is -1.17. The summed E-state index contributed by atoms with van der Waals surface area (Å²) in [4.78, 5) is 46.2. The maximum Gasteiger partial charge on any atom is 0.408 e. The van der Waals surface area contributed by atoms with Crippen LogP contribution in [-0.4, -0.2) is 61.1 Å². The van der Waals surface area contributed by atoms with E-state index in [1.165, 1.54) is 6.92 Å². The monoisotopic (exact) mass is 390 g/mol. The highest BCUT2D eigenvalue weighted by Gasteiger charge is 2.21. The van der Waals surface area contributed by atoms with E-state index in [4.69, 9.17) is 18.9 Å². The van der Waals surface area contributed by atoms with Crippen molar-refractivity contribution >= 4 is 24.1 Å². The van der Waals surface area contributed by atoms with Crippen LogP contribution in [0.5, 0.6) is 0 Å². The maximum absolute atomic E-state index is 11.7. The number of nitrogens with one attached hydrogen (secondary N) is 2. The van der Waals surface area contributed by atoms with Gasteiger partial charge < -0.3 is 29.6 Å². The van der Waals surface area contributed by atoms with Crippen LogP contribution in [0.4, 0.5) is 9.59 Å². The Kier molecular flexibility index (Phi) is 9.60. The third-order valence-electron chi connectivity index (χ3n) is 2.43. The number of hydrogen-bond acceptors (Lipinski definition) is 8. The molecule has 2 N–H and O–H groups in total. The molecular formula is C17H30N2O8. The first-order valence-electron chi connectivity index (χ1n) is 8.49. The second-order valence-electron chi connectivity index (χ2n) is 7.58. The molecule has 0 saturated heterocycles. The summed E-state index contributed by atoms with van der Waals surface area (Å²) in [6, 6.07) is 0. The van der Waals surface area contributed by atoms with Crippen molar-refractivity contribution in [2.75, 3.05) is 19.7 Å². The Labute approximate surface area is 159 Å². The molecule has 0 aromatic heterocycles. The van der Waals surface area contributed by atoms with E-state index in [-0.39, 0.29) is 13.2 Å². The SMILES string of the molecule is C[C@H](OC(=O)CNC(=O)OC(C)(C)C)C(=O)OCCNC(=O)OC(C)(C)C. The third kappa shape index (κ3) is 14.3. The Balaban J connectivity index is 4.02. The number of alkyl carbamates (subject to hydrolysis) is 2. The molecule has 0 radical (unpaired) electrons. The van der Waals surface area contributed by atoms with Gasteiger partial charge in [0.25, 0.3) is 0 Å². The Morgan fingerprint density at radius 1 is 0.852 bits per heavy atom. The van der Waals surface area contributed by atoms with Crippen molar-refractivity contribution in [1.29, 1.82) is 0 Å². The van der Waals surface area contributed by atoms with Crippen LogP contribution in [0.3, 0.4) is 0 Å². The zero-order valence-electron chi connectivity index (χ0n) is 17.0. The number of amides is 2. The number of ether oxygens (including phenoxy) is 4. The lowest BCUT2D eigenvalue weighted by Crippen LogP contribution is -2.38. The molecule has 0 aliphatic carbocycles. The zero-order valence-corrected chi connectivity index (χ0v) is 17.0. The van der Waals surface area contributed by atoms with E-state index in [0.717, 1.165) is 0 Å². The van der Waals surface area contributed by atoms with Crippen molar-refractivity contribution in [3.05, 3.63) is 0 Å². The van der Waals surface area contributed by atoms with Gasteiger partial charge in [0, 0.05) is 0 Å². The Morgan fingerprint density at radius 2 is 1.33 bits per heavy atom. The van der Waals surface area contributed by atoms with Gasteiger partial charge >= 0.3 is 24.1 Å². The minimum Gasteiger partial charge on any atom is -0.461 e. The number of rotatable bonds is 7. The van der Waals surface area contributed by atoms with E-state index < -0.39 is 48.0 Å². The van der Waals surface area contributed by atoms with Crippen molar-refractivity contribution in [3.63, 3.8) is 0 Å². The summed E-state index contributed by atoms with van der Waals surface area (Å²) in [5, 5.41) is 4.64. The van der Waals surface area contributed by atoms with Crippen LogP contribution in [0, 0.1) is 0 Å². The van der Waals surface area contributed by atoms with E-state index in [9.17, 15) is 19.2 Å². The molecule has 27 heavy (non-hydrogen) atoms. The highest BCUT2D eigenvalue weighted by atomic mass is 16.6. The molecule has 0 unspecified atom stereocenters. The smallest absolute Gasteiger partial charge is 0.408 e. The summed E-state index contributed by atoms with van der Waals surface area (Å²) in [6.07, 6.45) is -2.58. The van der Waals surface area contributed by atoms with Gasteiger partial charge in [0.2, 0.25) is 0 Å². The average molecular weight is 390 g/mol. The molecule has 0 aromatic rings. The Hall–Kier alpha value is -2.52. The summed E-state index contributed by atoms with van der Waals surface area (Å²) in [5.41, 5.74) is -1.32. The van der Waals surface area contributed by atoms with E-state index in [1.54, 1.807) is 41.5 Å². The fourth-order valence-corrected chi connectivity index (χ4v) is 1.48. The summed E-state index contributed by atoms with van der Waals surface area (Å²) in [5.74, 6) is -1.61. The second kappa shape index (κ2) is 10.6. The van der Waals surface area contributed by atoms with Gasteiger partial charge in [-0.2, -0.15) is 0 Å². The molecule has 10 nitrogen and oxygen atoms in total. The molecule has 0 aliphatic rings. The van der Waals surface area contributed by atoms with Crippen molar-refractivity contribution < 1.29 is 38.1 Å². The van der Waals surface area contributed by atoms with E-state index in [1.807, 2.05) is 0 Å². The second-order valence-corrected chi connectivity index (χ2v) is 7.58. The molecule has 10 heteroatoms. The number of esters is 2. The molecule has 156 valence electrons. The van der Waals surface area contributed by atoms with Gasteiger partial charge in [-0.05, 0) is 48.5 Å². The predicted molar refractivity (Wildman–Crippen MR) is 95.0 cm³/mol. The van der Waals surface area contributed by atoms with E-state index in [2.05, 4.69) is 10.6 Å². The molecule has 1 atom stereocenters. The molecule has 0 aliphatic heterocycles. The van der Waals surface area contributed by atoms with Gasteiger partial charge in [0.05, 0.1) is 6.54 Å². The number of carbonyl (C=O) groups is 4. The maximum atomic E-state index is 11.7. The van der Waals surface area contributed by atoms with Crippen molar-refractivity contribution in [2.24, 2.45) is 0 Å². The molecule has 2 amide bonds. The summed E-state index contributed by atoms with van der Waals surface area (Å²) < 4.78 is 19.7. The van der Waals surface area contributed by atoms with E-state index in [0.29, 0.717) is 0 Å². The van der Waals surface area contributed by atoms with Crippen LogP contribution < -0.4 is 10.6 Å². The predicted octanol–water partition coefficient (Wildman–Crippen LogP) is 1.51. The fraction of sp³-hybridized carbons (Fsp3) is 0.765. The zero-order chi connectivity index (χ0) is 21.3. The topological polar surface area (TPSA) is 129 Å². The molecule has 0 aromatic carbocycles. The van der Waals surface area contributed by atoms with Crippen LogP contribution in [0.2, 0.25) is 0 Å². The molecule has 0 fully saturated rings. The quantitative estimate of drug-likeness (QED) is 0.380. The van der Waals surface area contributed by atoms with Crippen LogP contribution in [-0.2, 0) is 28.5 Å². The lowest BCUT2D eigenvalue weighted by Gasteiger charge is -2.20. The van der Waals surface area contributed by atoms with Crippen LogP contribution in [0.25, 0.3) is 0 Å². The molecule has 0 heterocycles. The summed E-state index contributed by atoms with van der Waals surface area (Å²) in [7, 11) is 0. The first kappa shape index (κ1) is 24.5. The standard InChI is InChI=1S/C17H30N2O8/c1-11(25-12(20)10-19-15(23)27-17(5,6)7)13(21)24-9-8-18-14(22)26-16(2,3)4/h11H,8-10H2,1-7H3,(H,18,22)(H,19,23)/t11-/m0/s1. The Bertz CT molecular complexity index is 534. The lowest BCUT2D eigenvalue weighted by atomic mass is 10.2. The average Bonchev–Trinajstić information content (AvgIpc) is 2.45. The van der Waals surface area contributed by atoms with Crippen LogP contribution in [0.15, 0.2) is 0 Å². The Morgan fingerprint density at radius 3 is 1.81 bits per heavy atom. The van der Waals surface area contributed by atoms with Crippen LogP contribution in [0.1, 0.15) is 48.5 Å².